The van der Waals surface area contributed by atoms with Gasteiger partial charge in [0.05, 0.1) is 0 Å². The summed E-state index contributed by atoms with van der Waals surface area (Å²) in [4.78, 5) is 0. The van der Waals surface area contributed by atoms with E-state index in [0.717, 1.165) is 41.0 Å². The van der Waals surface area contributed by atoms with Gasteiger partial charge in [-0.2, -0.15) is 26.3 Å². The number of hydrogen-bond donors (Lipinski definition) is 0. The maximum Gasteiger partial charge on any atom is 0.411 e. The Labute approximate surface area is 206 Å². The molecule has 186 valence electrons. The lowest BCUT2D eigenvalue weighted by Gasteiger charge is -2.38. The average Bonchev–Trinajstić information content (AvgIpc) is 2.82. The van der Waals surface area contributed by atoms with Crippen LogP contribution < -0.4 is 0 Å². The Morgan fingerprint density at radius 3 is 1.14 bits per heavy atom. The molecule has 0 saturated heterocycles. The molecular formula is C30H24F6. The maximum absolute atomic E-state index is 14.5. The van der Waals surface area contributed by atoms with Crippen LogP contribution in [0.5, 0.6) is 0 Å². The first kappa shape index (κ1) is 25.5. The zero-order valence-corrected chi connectivity index (χ0v) is 19.5. The van der Waals surface area contributed by atoms with Crippen molar-refractivity contribution in [3.8, 4) is 0 Å². The molecule has 0 N–H and O–H groups in total. The van der Waals surface area contributed by atoms with Crippen LogP contribution in [0.2, 0.25) is 0 Å². The van der Waals surface area contributed by atoms with Crippen LogP contribution in [0.4, 0.5) is 26.3 Å². The van der Waals surface area contributed by atoms with Gasteiger partial charge in [-0.25, -0.2) is 0 Å². The van der Waals surface area contributed by atoms with Gasteiger partial charge in [-0.3, -0.25) is 0 Å². The number of aryl methyl sites for hydroxylation is 1. The van der Waals surface area contributed by atoms with Crippen LogP contribution in [0, 0.1) is 6.92 Å². The predicted molar refractivity (Wildman–Crippen MR) is 129 cm³/mol. The minimum absolute atomic E-state index is 0.403. The van der Waals surface area contributed by atoms with Crippen LogP contribution in [0.3, 0.4) is 0 Å². The zero-order chi connectivity index (χ0) is 26.0. The minimum atomic E-state index is -5.61. The smallest absolute Gasteiger partial charge is 0.169 e. The largest absolute Gasteiger partial charge is 0.411 e. The molecule has 36 heavy (non-hydrogen) atoms. The molecule has 0 aliphatic heterocycles. The van der Waals surface area contributed by atoms with Crippen molar-refractivity contribution in [2.24, 2.45) is 0 Å². The fraction of sp³-hybridized carbons (Fsp3) is 0.200. The quantitative estimate of drug-likeness (QED) is 0.234. The van der Waals surface area contributed by atoms with Crippen molar-refractivity contribution in [3.05, 3.63) is 142 Å². The Morgan fingerprint density at radius 1 is 0.444 bits per heavy atom. The molecule has 0 fully saturated rings. The highest BCUT2D eigenvalue weighted by Crippen LogP contribution is 2.56. The molecule has 0 heterocycles. The van der Waals surface area contributed by atoms with Crippen LogP contribution in [0.1, 0.15) is 38.9 Å². The van der Waals surface area contributed by atoms with Crippen LogP contribution in [-0.4, -0.2) is 12.4 Å². The van der Waals surface area contributed by atoms with Crippen molar-refractivity contribution in [1.29, 1.82) is 0 Å². The van der Waals surface area contributed by atoms with Gasteiger partial charge in [-0.05, 0) is 53.1 Å². The highest BCUT2D eigenvalue weighted by molar-refractivity contribution is 5.46. The Bertz CT molecular complexity index is 1250. The van der Waals surface area contributed by atoms with Gasteiger partial charge in [0.2, 0.25) is 5.41 Å². The summed E-state index contributed by atoms with van der Waals surface area (Å²) in [6.45, 7) is 1.93. The SMILES string of the molecule is Cc1ccc(Cc2ccc(C(c3ccc(Cc4ccccc4)cc3)(C(F)(F)F)C(F)(F)F)cc2)cc1. The van der Waals surface area contributed by atoms with Gasteiger partial charge in [0, 0.05) is 0 Å². The number of hydrogen-bond acceptors (Lipinski definition) is 0. The van der Waals surface area contributed by atoms with E-state index >= 15 is 0 Å². The van der Waals surface area contributed by atoms with Gasteiger partial charge in [0.15, 0.2) is 0 Å². The summed E-state index contributed by atoms with van der Waals surface area (Å²) in [5, 5.41) is 0. The van der Waals surface area contributed by atoms with Crippen molar-refractivity contribution < 1.29 is 26.3 Å². The number of benzene rings is 4. The van der Waals surface area contributed by atoms with E-state index in [1.807, 2.05) is 61.5 Å². The summed E-state index contributed by atoms with van der Waals surface area (Å²) in [5.74, 6) is 0. The fourth-order valence-corrected chi connectivity index (χ4v) is 4.50. The maximum atomic E-state index is 14.5. The lowest BCUT2D eigenvalue weighted by atomic mass is 9.72. The first-order valence-corrected chi connectivity index (χ1v) is 11.4. The van der Waals surface area contributed by atoms with Crippen molar-refractivity contribution >= 4 is 0 Å². The Kier molecular flexibility index (Phi) is 6.98. The van der Waals surface area contributed by atoms with Crippen LogP contribution in [-0.2, 0) is 18.3 Å². The second-order valence-electron chi connectivity index (χ2n) is 8.96. The minimum Gasteiger partial charge on any atom is -0.169 e. The van der Waals surface area contributed by atoms with E-state index < -0.39 is 28.9 Å². The first-order chi connectivity index (χ1) is 17.0. The average molecular weight is 499 g/mol. The van der Waals surface area contributed by atoms with Crippen molar-refractivity contribution in [2.45, 2.75) is 37.5 Å². The third kappa shape index (κ3) is 5.03. The van der Waals surface area contributed by atoms with Crippen LogP contribution >= 0.6 is 0 Å². The summed E-state index contributed by atoms with van der Waals surface area (Å²) in [6.07, 6.45) is -10.4. The molecule has 4 rings (SSSR count). The van der Waals surface area contributed by atoms with Crippen molar-refractivity contribution in [2.75, 3.05) is 0 Å². The molecule has 0 saturated carbocycles. The molecule has 6 heteroatoms. The molecule has 0 aliphatic carbocycles. The van der Waals surface area contributed by atoms with Crippen LogP contribution in [0.15, 0.2) is 103 Å². The van der Waals surface area contributed by atoms with Gasteiger partial charge in [-0.1, -0.05) is 109 Å². The third-order valence-electron chi connectivity index (χ3n) is 6.40. The molecule has 0 atom stereocenters. The Morgan fingerprint density at radius 2 is 0.778 bits per heavy atom. The van der Waals surface area contributed by atoms with E-state index in [9.17, 15) is 26.3 Å². The second kappa shape index (κ2) is 9.84. The molecule has 0 spiro atoms. The summed E-state index contributed by atoms with van der Waals surface area (Å²) in [7, 11) is 0. The first-order valence-electron chi connectivity index (χ1n) is 11.4. The molecule has 0 bridgehead atoms. The van der Waals surface area contributed by atoms with E-state index in [1.54, 1.807) is 0 Å². The van der Waals surface area contributed by atoms with Gasteiger partial charge >= 0.3 is 12.4 Å². The number of alkyl halides is 6. The number of rotatable bonds is 6. The lowest BCUT2D eigenvalue weighted by molar-refractivity contribution is -0.288. The van der Waals surface area contributed by atoms with E-state index in [2.05, 4.69) is 0 Å². The Balaban J connectivity index is 1.73. The monoisotopic (exact) mass is 498 g/mol. The van der Waals surface area contributed by atoms with Gasteiger partial charge in [0.25, 0.3) is 0 Å². The van der Waals surface area contributed by atoms with Gasteiger partial charge in [0.1, 0.15) is 0 Å². The Hall–Kier alpha value is -3.54. The van der Waals surface area contributed by atoms with Gasteiger partial charge < -0.3 is 0 Å². The van der Waals surface area contributed by atoms with E-state index in [4.69, 9.17) is 0 Å². The second-order valence-corrected chi connectivity index (χ2v) is 8.96. The summed E-state index contributed by atoms with van der Waals surface area (Å²) >= 11 is 0. The highest BCUT2D eigenvalue weighted by atomic mass is 19.4. The molecule has 0 amide bonds. The summed E-state index contributed by atoms with van der Waals surface area (Å²) in [6, 6.07) is 25.9. The molecule has 0 unspecified atom stereocenters. The topological polar surface area (TPSA) is 0 Å². The van der Waals surface area contributed by atoms with Gasteiger partial charge in [-0.15, -0.1) is 0 Å². The summed E-state index contributed by atoms with van der Waals surface area (Å²) in [5.41, 5.74) is -1.72. The third-order valence-corrected chi connectivity index (χ3v) is 6.40. The molecule has 0 radical (unpaired) electrons. The highest BCUT2D eigenvalue weighted by Gasteiger charge is 2.72. The standard InChI is InChI=1S/C30H24F6/c1-21-7-9-23(10-8-21)20-25-13-17-27(18-14-25)28(29(31,32)33,30(34,35)36)26-15-11-24(12-16-26)19-22-5-3-2-4-6-22/h2-18H,19-20H2,1H3. The van der Waals surface area contributed by atoms with E-state index in [0.29, 0.717) is 24.0 Å². The predicted octanol–water partition coefficient (Wildman–Crippen LogP) is 8.59. The fourth-order valence-electron chi connectivity index (χ4n) is 4.50. The lowest BCUT2D eigenvalue weighted by Crippen LogP contribution is -2.54. The molecular weight excluding hydrogens is 474 g/mol. The molecule has 4 aromatic rings. The molecule has 0 nitrogen and oxygen atoms in total. The van der Waals surface area contributed by atoms with Crippen molar-refractivity contribution in [3.63, 3.8) is 0 Å². The zero-order valence-electron chi connectivity index (χ0n) is 19.5. The van der Waals surface area contributed by atoms with E-state index in [-0.39, 0.29) is 0 Å². The van der Waals surface area contributed by atoms with Crippen molar-refractivity contribution in [1.82, 2.24) is 0 Å². The molecule has 4 aromatic carbocycles. The normalized spacial score (nSPS) is 12.5. The molecule has 0 aromatic heterocycles. The summed E-state index contributed by atoms with van der Waals surface area (Å²) < 4.78 is 86.7. The molecule has 0 aliphatic rings. The van der Waals surface area contributed by atoms with E-state index in [1.165, 1.54) is 24.3 Å². The number of halogens is 6. The van der Waals surface area contributed by atoms with Crippen LogP contribution in [0.25, 0.3) is 0 Å².